The Morgan fingerprint density at radius 2 is 2.33 bits per heavy atom. The summed E-state index contributed by atoms with van der Waals surface area (Å²) in [7, 11) is 0. The van der Waals surface area contributed by atoms with E-state index in [9.17, 15) is 9.18 Å². The van der Waals surface area contributed by atoms with E-state index in [-0.39, 0.29) is 5.82 Å². The maximum absolute atomic E-state index is 12.8. The third-order valence-electron chi connectivity index (χ3n) is 1.41. The monoisotopic (exact) mass is 165 g/mol. The smallest absolute Gasteiger partial charge is 0.144 e. The molecule has 0 saturated heterocycles. The number of hydrogen-bond acceptors (Lipinski definition) is 2. The lowest BCUT2D eigenvalue weighted by molar-refractivity contribution is -0.104. The van der Waals surface area contributed by atoms with Crippen molar-refractivity contribution < 1.29 is 9.18 Å². The van der Waals surface area contributed by atoms with E-state index in [0.717, 1.165) is 0 Å². The third-order valence-corrected chi connectivity index (χ3v) is 1.41. The number of pyridine rings is 1. The van der Waals surface area contributed by atoms with Gasteiger partial charge in [0.1, 0.15) is 12.1 Å². The SMILES string of the molecule is Cc1ncc(/C=C/C=O)cc1F. The van der Waals surface area contributed by atoms with Gasteiger partial charge in [0, 0.05) is 6.20 Å². The predicted octanol–water partition coefficient (Wildman–Crippen LogP) is 1.74. The normalized spacial score (nSPS) is 10.5. The first-order valence-corrected chi connectivity index (χ1v) is 3.48. The fraction of sp³-hybridized carbons (Fsp3) is 0.111. The van der Waals surface area contributed by atoms with Crippen LogP contribution >= 0.6 is 0 Å². The average molecular weight is 165 g/mol. The summed E-state index contributed by atoms with van der Waals surface area (Å²) in [6.07, 6.45) is 4.95. The number of nitrogens with zero attached hydrogens (tertiary/aromatic N) is 1. The first kappa shape index (κ1) is 8.59. The van der Waals surface area contributed by atoms with E-state index in [4.69, 9.17) is 0 Å². The highest BCUT2D eigenvalue weighted by Crippen LogP contribution is 2.06. The van der Waals surface area contributed by atoms with Gasteiger partial charge in [-0.25, -0.2) is 4.39 Å². The number of aromatic nitrogens is 1. The Kier molecular flexibility index (Phi) is 2.69. The van der Waals surface area contributed by atoms with E-state index in [2.05, 4.69) is 4.98 Å². The molecule has 0 unspecified atom stereocenters. The number of carbonyl (C=O) groups is 1. The fourth-order valence-electron chi connectivity index (χ4n) is 0.763. The molecule has 1 aromatic heterocycles. The predicted molar refractivity (Wildman–Crippen MR) is 44.0 cm³/mol. The molecule has 0 aliphatic rings. The molecule has 0 aromatic carbocycles. The molecular formula is C9H8FNO. The van der Waals surface area contributed by atoms with E-state index >= 15 is 0 Å². The Labute approximate surface area is 69.7 Å². The zero-order valence-electron chi connectivity index (χ0n) is 6.62. The largest absolute Gasteiger partial charge is 0.299 e. The van der Waals surface area contributed by atoms with Crippen molar-refractivity contribution in [1.82, 2.24) is 4.98 Å². The zero-order valence-corrected chi connectivity index (χ0v) is 6.62. The van der Waals surface area contributed by atoms with E-state index in [1.54, 1.807) is 6.92 Å². The number of halogens is 1. The van der Waals surface area contributed by atoms with E-state index in [1.807, 2.05) is 0 Å². The summed E-state index contributed by atoms with van der Waals surface area (Å²) < 4.78 is 12.8. The van der Waals surface area contributed by atoms with Crippen LogP contribution < -0.4 is 0 Å². The van der Waals surface area contributed by atoms with Crippen molar-refractivity contribution in [2.75, 3.05) is 0 Å². The molecule has 2 nitrogen and oxygen atoms in total. The molecule has 1 aromatic rings. The number of hydrogen-bond donors (Lipinski definition) is 0. The maximum Gasteiger partial charge on any atom is 0.144 e. The van der Waals surface area contributed by atoms with Gasteiger partial charge >= 0.3 is 0 Å². The van der Waals surface area contributed by atoms with Crippen molar-refractivity contribution in [2.24, 2.45) is 0 Å². The first-order chi connectivity index (χ1) is 5.74. The molecule has 1 rings (SSSR count). The lowest BCUT2D eigenvalue weighted by Gasteiger charge is -1.95. The van der Waals surface area contributed by atoms with Crippen LogP contribution in [-0.4, -0.2) is 11.3 Å². The van der Waals surface area contributed by atoms with Gasteiger partial charge in [-0.05, 0) is 24.6 Å². The van der Waals surface area contributed by atoms with Crippen LogP contribution in [0.25, 0.3) is 6.08 Å². The van der Waals surface area contributed by atoms with Crippen molar-refractivity contribution in [3.05, 3.63) is 35.4 Å². The van der Waals surface area contributed by atoms with Gasteiger partial charge in [-0.2, -0.15) is 0 Å². The second-order valence-electron chi connectivity index (χ2n) is 2.33. The fourth-order valence-corrected chi connectivity index (χ4v) is 0.763. The lowest BCUT2D eigenvalue weighted by Crippen LogP contribution is -1.87. The van der Waals surface area contributed by atoms with E-state index < -0.39 is 0 Å². The van der Waals surface area contributed by atoms with Gasteiger partial charge in [-0.1, -0.05) is 6.08 Å². The van der Waals surface area contributed by atoms with Crippen molar-refractivity contribution >= 4 is 12.4 Å². The maximum atomic E-state index is 12.8. The molecule has 0 fully saturated rings. The molecule has 12 heavy (non-hydrogen) atoms. The number of rotatable bonds is 2. The minimum Gasteiger partial charge on any atom is -0.299 e. The third kappa shape index (κ3) is 1.99. The van der Waals surface area contributed by atoms with Gasteiger partial charge in [0.25, 0.3) is 0 Å². The lowest BCUT2D eigenvalue weighted by atomic mass is 10.2. The van der Waals surface area contributed by atoms with Gasteiger partial charge < -0.3 is 0 Å². The molecule has 0 radical (unpaired) electrons. The Balaban J connectivity index is 2.96. The molecule has 0 saturated carbocycles. The summed E-state index contributed by atoms with van der Waals surface area (Å²) in [6, 6.07) is 1.34. The van der Waals surface area contributed by atoms with Crippen LogP contribution in [0.5, 0.6) is 0 Å². The minimum absolute atomic E-state index is 0.358. The molecule has 0 bridgehead atoms. The Morgan fingerprint density at radius 3 is 2.92 bits per heavy atom. The van der Waals surface area contributed by atoms with E-state index in [1.165, 1.54) is 24.4 Å². The number of allylic oxidation sites excluding steroid dienone is 1. The average Bonchev–Trinajstić information content (AvgIpc) is 2.07. The second-order valence-corrected chi connectivity index (χ2v) is 2.33. The standard InChI is InChI=1S/C9H8FNO/c1-7-9(10)5-8(6-11-7)3-2-4-12/h2-6H,1H3/b3-2+. The molecule has 1 heterocycles. The quantitative estimate of drug-likeness (QED) is 0.493. The number of carbonyl (C=O) groups excluding carboxylic acids is 1. The highest BCUT2D eigenvalue weighted by molar-refractivity contribution is 5.73. The van der Waals surface area contributed by atoms with E-state index in [0.29, 0.717) is 17.5 Å². The van der Waals surface area contributed by atoms with Crippen LogP contribution in [0.1, 0.15) is 11.3 Å². The van der Waals surface area contributed by atoms with Crippen molar-refractivity contribution in [2.45, 2.75) is 6.92 Å². The Morgan fingerprint density at radius 1 is 1.58 bits per heavy atom. The van der Waals surface area contributed by atoms with Gasteiger partial charge in [0.2, 0.25) is 0 Å². The topological polar surface area (TPSA) is 30.0 Å². The first-order valence-electron chi connectivity index (χ1n) is 3.48. The molecule has 0 spiro atoms. The highest BCUT2D eigenvalue weighted by Gasteiger charge is 1.96. The molecule has 0 N–H and O–H groups in total. The zero-order chi connectivity index (χ0) is 8.97. The summed E-state index contributed by atoms with van der Waals surface area (Å²) in [5.74, 6) is -0.358. The molecule has 62 valence electrons. The molecule has 0 atom stereocenters. The molecule has 0 amide bonds. The van der Waals surface area contributed by atoms with Crippen molar-refractivity contribution in [3.8, 4) is 0 Å². The summed E-state index contributed by atoms with van der Waals surface area (Å²) in [4.78, 5) is 13.7. The van der Waals surface area contributed by atoms with Crippen LogP contribution in [0.4, 0.5) is 4.39 Å². The molecule has 3 heteroatoms. The van der Waals surface area contributed by atoms with Crippen LogP contribution in [0.3, 0.4) is 0 Å². The summed E-state index contributed by atoms with van der Waals surface area (Å²) >= 11 is 0. The van der Waals surface area contributed by atoms with Gasteiger partial charge in [-0.3, -0.25) is 9.78 Å². The van der Waals surface area contributed by atoms with Gasteiger partial charge in [0.05, 0.1) is 5.69 Å². The molecular weight excluding hydrogens is 157 g/mol. The number of aldehydes is 1. The minimum atomic E-state index is -0.358. The summed E-state index contributed by atoms with van der Waals surface area (Å²) in [5, 5.41) is 0. The second kappa shape index (κ2) is 3.76. The van der Waals surface area contributed by atoms with Crippen LogP contribution in [0.15, 0.2) is 18.3 Å². The van der Waals surface area contributed by atoms with Gasteiger partial charge in [-0.15, -0.1) is 0 Å². The molecule has 0 aliphatic heterocycles. The van der Waals surface area contributed by atoms with Crippen molar-refractivity contribution in [1.29, 1.82) is 0 Å². The summed E-state index contributed by atoms with van der Waals surface area (Å²) in [5.41, 5.74) is 0.948. The van der Waals surface area contributed by atoms with Gasteiger partial charge in [0.15, 0.2) is 0 Å². The summed E-state index contributed by atoms with van der Waals surface area (Å²) in [6.45, 7) is 1.59. The number of aryl methyl sites for hydroxylation is 1. The Hall–Kier alpha value is -1.51. The Bertz CT molecular complexity index is 320. The molecule has 0 aliphatic carbocycles. The highest BCUT2D eigenvalue weighted by atomic mass is 19.1. The van der Waals surface area contributed by atoms with Crippen molar-refractivity contribution in [3.63, 3.8) is 0 Å². The van der Waals surface area contributed by atoms with Crippen LogP contribution in [0, 0.1) is 12.7 Å². The van der Waals surface area contributed by atoms with Crippen LogP contribution in [0.2, 0.25) is 0 Å². The van der Waals surface area contributed by atoms with Crippen LogP contribution in [-0.2, 0) is 4.79 Å².